The van der Waals surface area contributed by atoms with Gasteiger partial charge >= 0.3 is 0 Å². The summed E-state index contributed by atoms with van der Waals surface area (Å²) in [6.45, 7) is 5.44. The molecule has 6 nitrogen and oxygen atoms in total. The molecule has 0 saturated heterocycles. The first-order valence-electron chi connectivity index (χ1n) is 9.64. The molecule has 0 aliphatic heterocycles. The number of unbranched alkanes of at least 4 members (excludes halogenated alkanes) is 1. The van der Waals surface area contributed by atoms with Crippen LogP contribution in [0.3, 0.4) is 0 Å². The molecular weight excluding hydrogens is 388 g/mol. The fourth-order valence-electron chi connectivity index (χ4n) is 2.74. The number of carbonyl (C=O) groups is 1. The van der Waals surface area contributed by atoms with Crippen LogP contribution in [0.15, 0.2) is 59.5 Å². The first-order chi connectivity index (χ1) is 13.9. The van der Waals surface area contributed by atoms with E-state index in [1.807, 2.05) is 6.92 Å². The molecule has 2 aromatic carbocycles. The summed E-state index contributed by atoms with van der Waals surface area (Å²) >= 11 is 0. The van der Waals surface area contributed by atoms with Crippen molar-refractivity contribution in [1.29, 1.82) is 0 Å². The third kappa shape index (κ3) is 6.35. The van der Waals surface area contributed by atoms with Crippen LogP contribution in [0.2, 0.25) is 0 Å². The van der Waals surface area contributed by atoms with Crippen molar-refractivity contribution in [1.82, 2.24) is 4.90 Å². The van der Waals surface area contributed by atoms with E-state index in [1.165, 1.54) is 25.3 Å². The molecule has 0 unspecified atom stereocenters. The van der Waals surface area contributed by atoms with Crippen molar-refractivity contribution in [3.8, 4) is 5.75 Å². The zero-order valence-corrected chi connectivity index (χ0v) is 17.9. The Bertz CT molecular complexity index is 938. The number of ether oxygens (including phenoxy) is 1. The number of nitrogens with zero attached hydrogens (tertiary/aromatic N) is 1. The van der Waals surface area contributed by atoms with E-state index < -0.39 is 10.0 Å². The molecule has 7 heteroatoms. The Labute approximate surface area is 173 Å². The van der Waals surface area contributed by atoms with Crippen LogP contribution in [0, 0.1) is 0 Å². The van der Waals surface area contributed by atoms with Crippen LogP contribution in [0.5, 0.6) is 5.75 Å². The summed E-state index contributed by atoms with van der Waals surface area (Å²) in [6, 6.07) is 13.2. The number of carbonyl (C=O) groups excluding carboxylic acids is 1. The summed E-state index contributed by atoms with van der Waals surface area (Å²) in [7, 11) is -2.27. The molecule has 0 heterocycles. The van der Waals surface area contributed by atoms with Crippen LogP contribution >= 0.6 is 0 Å². The van der Waals surface area contributed by atoms with Gasteiger partial charge in [0.25, 0.3) is 10.0 Å². The molecule has 0 bridgehead atoms. The number of para-hydroxylation sites is 2. The van der Waals surface area contributed by atoms with Crippen molar-refractivity contribution < 1.29 is 17.9 Å². The minimum atomic E-state index is -3.75. The highest BCUT2D eigenvalue weighted by Gasteiger charge is 2.16. The molecule has 2 aromatic rings. The van der Waals surface area contributed by atoms with Gasteiger partial charge in [0.15, 0.2) is 0 Å². The number of anilines is 1. The largest absolute Gasteiger partial charge is 0.495 e. The van der Waals surface area contributed by atoms with Gasteiger partial charge in [0.2, 0.25) is 5.91 Å². The number of likely N-dealkylation sites (N-methyl/N-ethyl adjacent to an activating group) is 1. The van der Waals surface area contributed by atoms with Crippen LogP contribution in [-0.2, 0) is 14.8 Å². The predicted octanol–water partition coefficient (Wildman–Crippen LogP) is 4.16. The van der Waals surface area contributed by atoms with E-state index in [2.05, 4.69) is 11.6 Å². The minimum absolute atomic E-state index is 0.0458. The predicted molar refractivity (Wildman–Crippen MR) is 116 cm³/mol. The highest BCUT2D eigenvalue weighted by atomic mass is 32.2. The Morgan fingerprint density at radius 2 is 1.79 bits per heavy atom. The molecule has 0 atom stereocenters. The van der Waals surface area contributed by atoms with Crippen molar-refractivity contribution in [2.24, 2.45) is 0 Å². The van der Waals surface area contributed by atoms with Gasteiger partial charge in [-0.3, -0.25) is 9.52 Å². The molecule has 1 amide bonds. The fraction of sp³-hybridized carbons (Fsp3) is 0.318. The maximum absolute atomic E-state index is 12.6. The third-order valence-electron chi connectivity index (χ3n) is 4.44. The van der Waals surface area contributed by atoms with E-state index in [0.29, 0.717) is 18.0 Å². The maximum atomic E-state index is 12.6. The molecule has 2 rings (SSSR count). The summed E-state index contributed by atoms with van der Waals surface area (Å²) in [5.74, 6) is 0.396. The number of sulfonamides is 1. The molecular formula is C22H28N2O4S. The van der Waals surface area contributed by atoms with Gasteiger partial charge < -0.3 is 9.64 Å². The van der Waals surface area contributed by atoms with Gasteiger partial charge in [0, 0.05) is 19.2 Å². The number of hydrogen-bond acceptors (Lipinski definition) is 4. The van der Waals surface area contributed by atoms with Gasteiger partial charge in [-0.25, -0.2) is 8.42 Å². The van der Waals surface area contributed by atoms with E-state index in [-0.39, 0.29) is 10.8 Å². The first-order valence-corrected chi connectivity index (χ1v) is 11.1. The third-order valence-corrected chi connectivity index (χ3v) is 5.82. The molecule has 0 aromatic heterocycles. The van der Waals surface area contributed by atoms with E-state index in [0.717, 1.165) is 24.9 Å². The average molecular weight is 417 g/mol. The highest BCUT2D eigenvalue weighted by Crippen LogP contribution is 2.26. The molecule has 0 radical (unpaired) electrons. The number of rotatable bonds is 10. The number of nitrogens with one attached hydrogen (secondary N) is 1. The molecule has 0 aliphatic rings. The average Bonchev–Trinajstić information content (AvgIpc) is 2.73. The zero-order chi connectivity index (χ0) is 21.3. The Balaban J connectivity index is 2.10. The molecule has 29 heavy (non-hydrogen) atoms. The van der Waals surface area contributed by atoms with Crippen molar-refractivity contribution >= 4 is 27.7 Å². The summed E-state index contributed by atoms with van der Waals surface area (Å²) in [5.41, 5.74) is 1.12. The summed E-state index contributed by atoms with van der Waals surface area (Å²) in [4.78, 5) is 14.2. The van der Waals surface area contributed by atoms with Gasteiger partial charge in [0.1, 0.15) is 5.75 Å². The lowest BCUT2D eigenvalue weighted by molar-refractivity contribution is -0.125. The second-order valence-electron chi connectivity index (χ2n) is 6.48. The maximum Gasteiger partial charge on any atom is 0.262 e. The van der Waals surface area contributed by atoms with Crippen LogP contribution in [0.25, 0.3) is 6.08 Å². The monoisotopic (exact) mass is 416 g/mol. The standard InChI is InChI=1S/C22H28N2O4S/c1-4-6-17-24(5-2)22(25)16-13-18-11-14-19(15-12-18)29(26,27)23-20-9-7-8-10-21(20)28-3/h7-16,23H,4-6,17H2,1-3H3/b16-13+. The van der Waals surface area contributed by atoms with Gasteiger partial charge in [-0.1, -0.05) is 37.6 Å². The van der Waals surface area contributed by atoms with Crippen LogP contribution < -0.4 is 9.46 Å². The number of methoxy groups -OCH3 is 1. The van der Waals surface area contributed by atoms with E-state index in [1.54, 1.807) is 47.4 Å². The van der Waals surface area contributed by atoms with E-state index in [4.69, 9.17) is 4.74 Å². The van der Waals surface area contributed by atoms with Gasteiger partial charge in [0.05, 0.1) is 17.7 Å². The molecule has 0 aliphatic carbocycles. The quantitative estimate of drug-likeness (QED) is 0.590. The van der Waals surface area contributed by atoms with E-state index >= 15 is 0 Å². The molecule has 1 N–H and O–H groups in total. The van der Waals surface area contributed by atoms with Crippen LogP contribution in [0.1, 0.15) is 32.3 Å². The number of amides is 1. The highest BCUT2D eigenvalue weighted by molar-refractivity contribution is 7.92. The first kappa shape index (κ1) is 22.5. The number of hydrogen-bond donors (Lipinski definition) is 1. The zero-order valence-electron chi connectivity index (χ0n) is 17.1. The summed E-state index contributed by atoms with van der Waals surface area (Å²) in [5, 5.41) is 0. The minimum Gasteiger partial charge on any atom is -0.495 e. The van der Waals surface area contributed by atoms with Crippen molar-refractivity contribution in [3.05, 3.63) is 60.2 Å². The Kier molecular flexibility index (Phi) is 8.27. The van der Waals surface area contributed by atoms with Crippen LogP contribution in [0.4, 0.5) is 5.69 Å². The fourth-order valence-corrected chi connectivity index (χ4v) is 3.81. The molecule has 0 fully saturated rings. The summed E-state index contributed by atoms with van der Waals surface area (Å²) in [6.07, 6.45) is 5.22. The van der Waals surface area contributed by atoms with Gasteiger partial charge in [-0.2, -0.15) is 0 Å². The van der Waals surface area contributed by atoms with Crippen molar-refractivity contribution in [3.63, 3.8) is 0 Å². The Morgan fingerprint density at radius 1 is 1.10 bits per heavy atom. The normalized spacial score (nSPS) is 11.4. The lowest BCUT2D eigenvalue weighted by Gasteiger charge is -2.18. The lowest BCUT2D eigenvalue weighted by Crippen LogP contribution is -2.30. The van der Waals surface area contributed by atoms with Crippen LogP contribution in [-0.4, -0.2) is 39.4 Å². The Morgan fingerprint density at radius 3 is 2.41 bits per heavy atom. The van der Waals surface area contributed by atoms with Crippen molar-refractivity contribution in [2.45, 2.75) is 31.6 Å². The smallest absolute Gasteiger partial charge is 0.262 e. The summed E-state index contributed by atoms with van der Waals surface area (Å²) < 4.78 is 33.0. The second kappa shape index (κ2) is 10.7. The Hall–Kier alpha value is -2.80. The second-order valence-corrected chi connectivity index (χ2v) is 8.16. The number of benzene rings is 2. The lowest BCUT2D eigenvalue weighted by atomic mass is 10.2. The molecule has 0 spiro atoms. The van der Waals surface area contributed by atoms with Crippen molar-refractivity contribution in [2.75, 3.05) is 24.9 Å². The van der Waals surface area contributed by atoms with Gasteiger partial charge in [-0.15, -0.1) is 0 Å². The molecule has 156 valence electrons. The topological polar surface area (TPSA) is 75.7 Å². The van der Waals surface area contributed by atoms with Gasteiger partial charge in [-0.05, 0) is 49.2 Å². The van der Waals surface area contributed by atoms with E-state index in [9.17, 15) is 13.2 Å². The SMILES string of the molecule is CCCCN(CC)C(=O)/C=C/c1ccc(S(=O)(=O)Nc2ccccc2OC)cc1. The molecule has 0 saturated carbocycles.